The standard InChI is InChI=1S/C50H30N8S/c1-3-10-31(11-4-1)32-24-28-38(29-25-32)48-53-47(37-12-5-2-6-13-37)54-49(55-48)40-15-9-14-39(30-40)35-20-18-33(19-21-35)34-22-26-36(27-23-34)43-46-44(57-58-56-43)45-50(59-46)52-42-17-8-7-16-41(42)51-45/h1-30H. The number of para-hydroxylation sites is 2. The molecule has 4 aromatic heterocycles. The van der Waals surface area contributed by atoms with E-state index >= 15 is 0 Å². The molecule has 0 N–H and O–H groups in total. The number of thiophene rings is 1. The zero-order valence-corrected chi connectivity index (χ0v) is 32.1. The summed E-state index contributed by atoms with van der Waals surface area (Å²) in [4.78, 5) is 25.5. The summed E-state index contributed by atoms with van der Waals surface area (Å²) in [7, 11) is 0. The van der Waals surface area contributed by atoms with Crippen LogP contribution in [-0.4, -0.2) is 40.3 Å². The van der Waals surface area contributed by atoms with Gasteiger partial charge < -0.3 is 0 Å². The van der Waals surface area contributed by atoms with Crippen LogP contribution in [0.3, 0.4) is 0 Å². The molecule has 0 radical (unpaired) electrons. The van der Waals surface area contributed by atoms with Crippen LogP contribution in [-0.2, 0) is 0 Å². The van der Waals surface area contributed by atoms with Crippen LogP contribution in [0.25, 0.3) is 110 Å². The molecule has 0 unspecified atom stereocenters. The number of rotatable bonds is 7. The number of nitrogens with zero attached hydrogens (tertiary/aromatic N) is 8. The second-order valence-electron chi connectivity index (χ2n) is 14.1. The fourth-order valence-electron chi connectivity index (χ4n) is 7.37. The van der Waals surface area contributed by atoms with Gasteiger partial charge in [-0.1, -0.05) is 164 Å². The average molecular weight is 775 g/mol. The minimum absolute atomic E-state index is 0.618. The first-order chi connectivity index (χ1) is 29.2. The zero-order chi connectivity index (χ0) is 39.1. The Balaban J connectivity index is 0.882. The van der Waals surface area contributed by atoms with E-state index in [4.69, 9.17) is 24.9 Å². The molecule has 9 heteroatoms. The molecular formula is C50H30N8S. The van der Waals surface area contributed by atoms with Crippen molar-refractivity contribution >= 4 is 42.9 Å². The first kappa shape index (κ1) is 34.4. The van der Waals surface area contributed by atoms with Crippen LogP contribution in [0.5, 0.6) is 0 Å². The van der Waals surface area contributed by atoms with Gasteiger partial charge in [0, 0.05) is 22.3 Å². The zero-order valence-electron chi connectivity index (χ0n) is 31.3. The van der Waals surface area contributed by atoms with Crippen LogP contribution in [0.2, 0.25) is 0 Å². The predicted molar refractivity (Wildman–Crippen MR) is 237 cm³/mol. The van der Waals surface area contributed by atoms with Crippen LogP contribution in [0.1, 0.15) is 0 Å². The topological polar surface area (TPSA) is 103 Å². The highest BCUT2D eigenvalue weighted by atomic mass is 32.1. The van der Waals surface area contributed by atoms with E-state index in [0.29, 0.717) is 17.5 Å². The maximum Gasteiger partial charge on any atom is 0.164 e. The SMILES string of the molecule is c1ccc(-c2ccc(-c3nc(-c4ccccc4)nc(-c4cccc(-c5ccc(-c6ccc(-c7nnnc8c7sc7nc9ccccc9nc78)cc6)cc5)c4)n3)cc2)cc1. The predicted octanol–water partition coefficient (Wildman–Crippen LogP) is 12.0. The van der Waals surface area contributed by atoms with Crippen LogP contribution in [0, 0.1) is 0 Å². The molecule has 0 aliphatic rings. The van der Waals surface area contributed by atoms with Gasteiger partial charge >= 0.3 is 0 Å². The highest BCUT2D eigenvalue weighted by Crippen LogP contribution is 2.37. The van der Waals surface area contributed by atoms with Gasteiger partial charge in [-0.3, -0.25) is 0 Å². The van der Waals surface area contributed by atoms with Gasteiger partial charge in [-0.2, -0.15) is 0 Å². The third-order valence-corrected chi connectivity index (χ3v) is 11.5. The summed E-state index contributed by atoms with van der Waals surface area (Å²) < 4.78 is 0.923. The summed E-state index contributed by atoms with van der Waals surface area (Å²) in [5, 5.41) is 12.9. The molecule has 0 saturated carbocycles. The first-order valence-corrected chi connectivity index (χ1v) is 20.0. The summed E-state index contributed by atoms with van der Waals surface area (Å²) in [6.45, 7) is 0. The lowest BCUT2D eigenvalue weighted by molar-refractivity contribution is 0.904. The lowest BCUT2D eigenvalue weighted by atomic mass is 9.98. The van der Waals surface area contributed by atoms with Crippen LogP contribution in [0.4, 0.5) is 0 Å². The maximum atomic E-state index is 5.02. The normalized spacial score (nSPS) is 11.4. The minimum atomic E-state index is 0.618. The van der Waals surface area contributed by atoms with Gasteiger partial charge in [0.25, 0.3) is 0 Å². The molecule has 8 nitrogen and oxygen atoms in total. The van der Waals surface area contributed by atoms with Crippen LogP contribution in [0.15, 0.2) is 182 Å². The molecule has 0 bridgehead atoms. The van der Waals surface area contributed by atoms with E-state index in [1.54, 1.807) is 11.3 Å². The number of benzene rings is 7. The number of hydrogen-bond acceptors (Lipinski definition) is 9. The second kappa shape index (κ2) is 14.6. The molecule has 0 aliphatic carbocycles. The Morgan fingerprint density at radius 3 is 1.37 bits per heavy atom. The van der Waals surface area contributed by atoms with Crippen LogP contribution < -0.4 is 0 Å². The molecule has 0 atom stereocenters. The summed E-state index contributed by atoms with van der Waals surface area (Å²) in [6.07, 6.45) is 0. The Bertz CT molecular complexity index is 3300. The van der Waals surface area contributed by atoms with Crippen molar-refractivity contribution in [1.29, 1.82) is 0 Å². The van der Waals surface area contributed by atoms with Crippen molar-refractivity contribution in [2.75, 3.05) is 0 Å². The van der Waals surface area contributed by atoms with Gasteiger partial charge in [0.2, 0.25) is 0 Å². The molecule has 0 spiro atoms. The molecule has 59 heavy (non-hydrogen) atoms. The Morgan fingerprint density at radius 2 is 0.746 bits per heavy atom. The number of hydrogen-bond donors (Lipinski definition) is 0. The number of fused-ring (bicyclic) bond motifs is 4. The van der Waals surface area contributed by atoms with E-state index in [2.05, 4.69) is 137 Å². The highest BCUT2D eigenvalue weighted by molar-refractivity contribution is 7.25. The van der Waals surface area contributed by atoms with Gasteiger partial charge in [-0.25, -0.2) is 24.9 Å². The van der Waals surface area contributed by atoms with E-state index in [1.165, 1.54) is 5.56 Å². The van der Waals surface area contributed by atoms with Crippen molar-refractivity contribution in [3.63, 3.8) is 0 Å². The smallest absolute Gasteiger partial charge is 0.164 e. The summed E-state index contributed by atoms with van der Waals surface area (Å²) in [5.41, 5.74) is 14.3. The van der Waals surface area contributed by atoms with E-state index in [-0.39, 0.29) is 0 Å². The molecule has 11 aromatic rings. The van der Waals surface area contributed by atoms with Crippen molar-refractivity contribution in [2.24, 2.45) is 0 Å². The summed E-state index contributed by atoms with van der Waals surface area (Å²) >= 11 is 1.55. The molecule has 0 saturated heterocycles. The largest absolute Gasteiger partial charge is 0.241 e. The monoisotopic (exact) mass is 774 g/mol. The Labute approximate surface area is 342 Å². The third-order valence-electron chi connectivity index (χ3n) is 10.4. The van der Waals surface area contributed by atoms with E-state index in [0.717, 1.165) is 87.4 Å². The van der Waals surface area contributed by atoms with E-state index < -0.39 is 0 Å². The van der Waals surface area contributed by atoms with Crippen molar-refractivity contribution < 1.29 is 0 Å². The first-order valence-electron chi connectivity index (χ1n) is 19.2. The summed E-state index contributed by atoms with van der Waals surface area (Å²) in [6, 6.07) is 62.1. The molecule has 276 valence electrons. The van der Waals surface area contributed by atoms with Gasteiger partial charge in [0.15, 0.2) is 17.5 Å². The highest BCUT2D eigenvalue weighted by Gasteiger charge is 2.18. The molecule has 0 fully saturated rings. The van der Waals surface area contributed by atoms with Crippen molar-refractivity contribution in [3.05, 3.63) is 182 Å². The Kier molecular flexibility index (Phi) is 8.49. The summed E-state index contributed by atoms with van der Waals surface area (Å²) in [5.74, 6) is 1.87. The molecule has 11 rings (SSSR count). The average Bonchev–Trinajstić information content (AvgIpc) is 3.69. The maximum absolute atomic E-state index is 5.02. The minimum Gasteiger partial charge on any atom is -0.241 e. The van der Waals surface area contributed by atoms with Crippen molar-refractivity contribution in [2.45, 2.75) is 0 Å². The molecule has 7 aromatic carbocycles. The van der Waals surface area contributed by atoms with Crippen LogP contribution >= 0.6 is 11.3 Å². The van der Waals surface area contributed by atoms with Crippen molar-refractivity contribution in [3.8, 4) is 78.8 Å². The van der Waals surface area contributed by atoms with E-state index in [1.807, 2.05) is 60.7 Å². The van der Waals surface area contributed by atoms with Gasteiger partial charge in [-0.05, 0) is 56.8 Å². The Hall–Kier alpha value is -7.88. The lowest BCUT2D eigenvalue weighted by Crippen LogP contribution is -2.00. The second-order valence-corrected chi connectivity index (χ2v) is 15.1. The van der Waals surface area contributed by atoms with E-state index in [9.17, 15) is 0 Å². The fourth-order valence-corrected chi connectivity index (χ4v) is 8.43. The molecule has 0 amide bonds. The van der Waals surface area contributed by atoms with Gasteiger partial charge in [0.1, 0.15) is 21.6 Å². The quantitative estimate of drug-likeness (QED) is 0.158. The lowest BCUT2D eigenvalue weighted by Gasteiger charge is -2.10. The third kappa shape index (κ3) is 6.55. The molecule has 4 heterocycles. The van der Waals surface area contributed by atoms with Gasteiger partial charge in [0.05, 0.1) is 15.7 Å². The fraction of sp³-hybridized carbons (Fsp3) is 0. The number of aromatic nitrogens is 8. The van der Waals surface area contributed by atoms with Gasteiger partial charge in [-0.15, -0.1) is 21.5 Å². The Morgan fingerprint density at radius 1 is 0.305 bits per heavy atom. The van der Waals surface area contributed by atoms with Crippen molar-refractivity contribution in [1.82, 2.24) is 40.3 Å². The molecular weight excluding hydrogens is 745 g/mol. The molecule has 0 aliphatic heterocycles.